The standard InChI is InChI=1S/C16H27NO12/c1-5(19)17-7-11(25-2)8(20)6(4-18)27-15(7)28-12-9(21)10(22)16(26-3)29-13(12)14(23)24/h6-13,15-16,18,20-22H,4H2,1-3H3,(H,17,19)(H,23,24). The molecule has 13 heteroatoms. The number of aliphatic hydroxyl groups excluding tert-OH is 4. The molecule has 0 aliphatic carbocycles. The Morgan fingerprint density at radius 1 is 0.966 bits per heavy atom. The van der Waals surface area contributed by atoms with E-state index < -0.39 is 79.8 Å². The van der Waals surface area contributed by atoms with Gasteiger partial charge < -0.3 is 54.5 Å². The molecule has 0 saturated carbocycles. The number of nitrogens with one attached hydrogen (secondary N) is 1. The van der Waals surface area contributed by atoms with Crippen LogP contribution in [0.25, 0.3) is 0 Å². The van der Waals surface area contributed by atoms with Crippen LogP contribution >= 0.6 is 0 Å². The highest BCUT2D eigenvalue weighted by Gasteiger charge is 2.53. The van der Waals surface area contributed by atoms with E-state index in [0.717, 1.165) is 7.11 Å². The average Bonchev–Trinajstić information content (AvgIpc) is 2.67. The molecule has 2 heterocycles. The summed E-state index contributed by atoms with van der Waals surface area (Å²) in [7, 11) is 2.42. The second-order valence-corrected chi connectivity index (χ2v) is 6.72. The van der Waals surface area contributed by atoms with Crippen LogP contribution in [-0.2, 0) is 33.3 Å². The smallest absolute Gasteiger partial charge is 0.335 e. The lowest BCUT2D eigenvalue weighted by atomic mass is 9.95. The molecule has 0 aromatic rings. The Labute approximate surface area is 166 Å². The molecule has 2 rings (SSSR count). The van der Waals surface area contributed by atoms with E-state index in [9.17, 15) is 35.1 Å². The van der Waals surface area contributed by atoms with Gasteiger partial charge in [-0.1, -0.05) is 0 Å². The van der Waals surface area contributed by atoms with Crippen molar-refractivity contribution in [2.45, 2.75) is 68.3 Å². The molecule has 2 aliphatic rings. The zero-order valence-electron chi connectivity index (χ0n) is 16.1. The van der Waals surface area contributed by atoms with Gasteiger partial charge in [-0.3, -0.25) is 4.79 Å². The molecule has 2 saturated heterocycles. The van der Waals surface area contributed by atoms with Crippen LogP contribution in [0.15, 0.2) is 0 Å². The number of aliphatic carboxylic acids is 1. The number of hydrogen-bond donors (Lipinski definition) is 6. The van der Waals surface area contributed by atoms with Crippen LogP contribution in [0.5, 0.6) is 0 Å². The van der Waals surface area contributed by atoms with Crippen LogP contribution in [0.1, 0.15) is 6.92 Å². The van der Waals surface area contributed by atoms with Crippen molar-refractivity contribution in [2.24, 2.45) is 0 Å². The third kappa shape index (κ3) is 5.02. The number of aliphatic hydroxyl groups is 4. The largest absolute Gasteiger partial charge is 0.479 e. The molecular formula is C16H27NO12. The van der Waals surface area contributed by atoms with E-state index >= 15 is 0 Å². The molecule has 0 radical (unpaired) electrons. The maximum atomic E-state index is 11.6. The minimum atomic E-state index is -1.75. The van der Waals surface area contributed by atoms with Gasteiger partial charge in [0.25, 0.3) is 0 Å². The summed E-state index contributed by atoms with van der Waals surface area (Å²) in [5.41, 5.74) is 0. The number of carboxylic acid groups (broad SMARTS) is 1. The molecule has 168 valence electrons. The van der Waals surface area contributed by atoms with Gasteiger partial charge in [0.05, 0.1) is 6.61 Å². The fourth-order valence-electron chi connectivity index (χ4n) is 3.39. The molecule has 10 unspecified atom stereocenters. The summed E-state index contributed by atoms with van der Waals surface area (Å²) in [6.45, 7) is 0.563. The molecule has 6 N–H and O–H groups in total. The van der Waals surface area contributed by atoms with Crippen molar-refractivity contribution in [3.05, 3.63) is 0 Å². The second kappa shape index (κ2) is 10.1. The monoisotopic (exact) mass is 425 g/mol. The fraction of sp³-hybridized carbons (Fsp3) is 0.875. The van der Waals surface area contributed by atoms with E-state index in [1.54, 1.807) is 0 Å². The lowest BCUT2D eigenvalue weighted by Gasteiger charge is -2.47. The highest BCUT2D eigenvalue weighted by molar-refractivity contribution is 5.74. The van der Waals surface area contributed by atoms with E-state index in [1.807, 2.05) is 0 Å². The number of carbonyl (C=O) groups is 2. The van der Waals surface area contributed by atoms with Crippen LogP contribution in [-0.4, -0.2) is 120 Å². The van der Waals surface area contributed by atoms with E-state index in [2.05, 4.69) is 5.32 Å². The van der Waals surface area contributed by atoms with Crippen molar-refractivity contribution in [1.82, 2.24) is 5.32 Å². The summed E-state index contributed by atoms with van der Waals surface area (Å²) in [4.78, 5) is 23.2. The van der Waals surface area contributed by atoms with Crippen molar-refractivity contribution < 1.29 is 58.8 Å². The Kier molecular flexibility index (Phi) is 8.28. The van der Waals surface area contributed by atoms with Gasteiger partial charge in [-0.2, -0.15) is 0 Å². The topological polar surface area (TPSA) is 193 Å². The van der Waals surface area contributed by atoms with Gasteiger partial charge in [0, 0.05) is 21.1 Å². The molecule has 2 fully saturated rings. The molecule has 29 heavy (non-hydrogen) atoms. The predicted molar refractivity (Wildman–Crippen MR) is 90.3 cm³/mol. The number of ether oxygens (including phenoxy) is 5. The van der Waals surface area contributed by atoms with Gasteiger partial charge >= 0.3 is 5.97 Å². The second-order valence-electron chi connectivity index (χ2n) is 6.72. The minimum absolute atomic E-state index is 0.529. The minimum Gasteiger partial charge on any atom is -0.479 e. The van der Waals surface area contributed by atoms with Crippen LogP contribution in [0, 0.1) is 0 Å². The molecule has 1 amide bonds. The van der Waals surface area contributed by atoms with Crippen molar-refractivity contribution in [1.29, 1.82) is 0 Å². The molecule has 0 aromatic carbocycles. The zero-order chi connectivity index (χ0) is 21.9. The Bertz CT molecular complexity index is 576. The molecule has 0 spiro atoms. The summed E-state index contributed by atoms with van der Waals surface area (Å²) in [5, 5.41) is 52.1. The molecular weight excluding hydrogens is 398 g/mol. The lowest BCUT2D eigenvalue weighted by molar-refractivity contribution is -0.339. The number of carboxylic acids is 1. The lowest BCUT2D eigenvalue weighted by Crippen LogP contribution is -2.68. The Balaban J connectivity index is 2.32. The van der Waals surface area contributed by atoms with Crippen molar-refractivity contribution in [2.75, 3.05) is 20.8 Å². The summed E-state index contributed by atoms with van der Waals surface area (Å²) in [6, 6.07) is -1.13. The number of carbonyl (C=O) groups excluding carboxylic acids is 1. The van der Waals surface area contributed by atoms with Gasteiger partial charge in [-0.05, 0) is 0 Å². The van der Waals surface area contributed by atoms with E-state index in [1.165, 1.54) is 14.0 Å². The first-order valence-corrected chi connectivity index (χ1v) is 8.83. The Morgan fingerprint density at radius 3 is 2.10 bits per heavy atom. The SMILES string of the molecule is COC1OC(C(=O)O)C(OC2OC(CO)C(O)C(OC)C2NC(C)=O)C(O)C1O. The first-order chi connectivity index (χ1) is 13.7. The molecule has 10 atom stereocenters. The highest BCUT2D eigenvalue weighted by atomic mass is 16.7. The number of hydrogen-bond acceptors (Lipinski definition) is 11. The third-order valence-electron chi connectivity index (χ3n) is 4.81. The van der Waals surface area contributed by atoms with E-state index in [0.29, 0.717) is 0 Å². The van der Waals surface area contributed by atoms with Gasteiger partial charge in [-0.25, -0.2) is 4.79 Å². The highest BCUT2D eigenvalue weighted by Crippen LogP contribution is 2.30. The summed E-state index contributed by atoms with van der Waals surface area (Å²) in [5.74, 6) is -2.03. The van der Waals surface area contributed by atoms with Crippen LogP contribution in [0.2, 0.25) is 0 Å². The van der Waals surface area contributed by atoms with Gasteiger partial charge in [0.2, 0.25) is 5.91 Å². The van der Waals surface area contributed by atoms with Crippen LogP contribution < -0.4 is 5.32 Å². The van der Waals surface area contributed by atoms with Gasteiger partial charge in [0.15, 0.2) is 18.7 Å². The maximum Gasteiger partial charge on any atom is 0.335 e. The number of amides is 1. The molecule has 13 nitrogen and oxygen atoms in total. The molecule has 2 aliphatic heterocycles. The van der Waals surface area contributed by atoms with Crippen LogP contribution in [0.3, 0.4) is 0 Å². The van der Waals surface area contributed by atoms with Gasteiger partial charge in [0.1, 0.15) is 42.7 Å². The summed E-state index contributed by atoms with van der Waals surface area (Å²) < 4.78 is 26.3. The maximum absolute atomic E-state index is 11.6. The molecule has 0 aromatic heterocycles. The van der Waals surface area contributed by atoms with Crippen LogP contribution in [0.4, 0.5) is 0 Å². The molecule has 0 bridgehead atoms. The van der Waals surface area contributed by atoms with Crippen molar-refractivity contribution in [3.8, 4) is 0 Å². The van der Waals surface area contributed by atoms with E-state index in [4.69, 9.17) is 23.7 Å². The van der Waals surface area contributed by atoms with Crippen molar-refractivity contribution in [3.63, 3.8) is 0 Å². The summed E-state index contributed by atoms with van der Waals surface area (Å²) >= 11 is 0. The number of methoxy groups -OCH3 is 2. The normalized spacial score (nSPS) is 43.0. The summed E-state index contributed by atoms with van der Waals surface area (Å²) in [6.07, 6.45) is -13.3. The Hall–Kier alpha value is -1.42. The third-order valence-corrected chi connectivity index (χ3v) is 4.81. The first kappa shape index (κ1) is 23.9. The zero-order valence-corrected chi connectivity index (χ0v) is 16.1. The van der Waals surface area contributed by atoms with Gasteiger partial charge in [-0.15, -0.1) is 0 Å². The number of rotatable bonds is 7. The predicted octanol–water partition coefficient (Wildman–Crippen LogP) is -3.85. The average molecular weight is 425 g/mol. The van der Waals surface area contributed by atoms with E-state index in [-0.39, 0.29) is 0 Å². The quantitative estimate of drug-likeness (QED) is 0.233. The fourth-order valence-corrected chi connectivity index (χ4v) is 3.39. The van der Waals surface area contributed by atoms with Crippen molar-refractivity contribution >= 4 is 11.9 Å². The first-order valence-electron chi connectivity index (χ1n) is 8.83. The Morgan fingerprint density at radius 2 is 1.62 bits per heavy atom.